The summed E-state index contributed by atoms with van der Waals surface area (Å²) in [5.41, 5.74) is 7.47. The van der Waals surface area contributed by atoms with Crippen molar-refractivity contribution in [3.05, 3.63) is 107 Å². The topological polar surface area (TPSA) is 154 Å². The lowest BCUT2D eigenvalue weighted by atomic mass is 9.90. The molecule has 12 nitrogen and oxygen atoms in total. The summed E-state index contributed by atoms with van der Waals surface area (Å²) in [5, 5.41) is 21.3. The Morgan fingerprint density at radius 3 is 2.24 bits per heavy atom. The van der Waals surface area contributed by atoms with Crippen LogP contribution < -0.4 is 21.4 Å². The molecule has 12 heteroatoms. The number of pyridine rings is 1. The Morgan fingerprint density at radius 2 is 1.57 bits per heavy atom. The van der Waals surface area contributed by atoms with Gasteiger partial charge in [0.2, 0.25) is 11.8 Å². The number of hydrazine groups is 1. The van der Waals surface area contributed by atoms with Crippen LogP contribution in [0.1, 0.15) is 54.6 Å². The number of ether oxygens (including phenoxy) is 2. The van der Waals surface area contributed by atoms with E-state index in [1.807, 2.05) is 95.3 Å². The van der Waals surface area contributed by atoms with Crippen molar-refractivity contribution in [2.24, 2.45) is 5.92 Å². The summed E-state index contributed by atoms with van der Waals surface area (Å²) in [4.78, 5) is 45.1. The van der Waals surface area contributed by atoms with Gasteiger partial charge >= 0.3 is 6.03 Å². The maximum Gasteiger partial charge on any atom is 0.329 e. The van der Waals surface area contributed by atoms with E-state index < -0.39 is 36.2 Å². The van der Waals surface area contributed by atoms with E-state index >= 15 is 0 Å². The molecule has 0 aliphatic carbocycles. The van der Waals surface area contributed by atoms with E-state index in [0.717, 1.165) is 38.7 Å². The van der Waals surface area contributed by atoms with Crippen LogP contribution >= 0.6 is 0 Å². The van der Waals surface area contributed by atoms with Crippen LogP contribution in [0.3, 0.4) is 0 Å². The Morgan fingerprint density at radius 1 is 0.902 bits per heavy atom. The maximum absolute atomic E-state index is 14.4. The van der Waals surface area contributed by atoms with Crippen LogP contribution in [0.15, 0.2) is 79.0 Å². The lowest BCUT2D eigenvalue weighted by Crippen LogP contribution is -2.54. The van der Waals surface area contributed by atoms with Crippen LogP contribution in [0, 0.1) is 19.8 Å². The second-order valence-electron chi connectivity index (χ2n) is 12.6. The van der Waals surface area contributed by atoms with Gasteiger partial charge in [0.15, 0.2) is 6.29 Å². The highest BCUT2D eigenvalue weighted by atomic mass is 16.7. The number of nitrogens with one attached hydrogen (secondary N) is 4. The number of aromatic nitrogens is 1. The molecular weight excluding hydrogens is 648 g/mol. The van der Waals surface area contributed by atoms with Gasteiger partial charge in [0.1, 0.15) is 11.8 Å². The van der Waals surface area contributed by atoms with Crippen molar-refractivity contribution in [1.82, 2.24) is 31.4 Å². The molecule has 1 aromatic heterocycles. The Bertz CT molecular complexity index is 1740. The van der Waals surface area contributed by atoms with Crippen LogP contribution in [0.25, 0.3) is 10.9 Å². The first-order valence-electron chi connectivity index (χ1n) is 17.3. The fourth-order valence-corrected chi connectivity index (χ4v) is 6.15. The number of phenolic OH excluding ortho intramolecular Hbond substituents is 1. The zero-order chi connectivity index (χ0) is 36.9. The van der Waals surface area contributed by atoms with Crippen LogP contribution in [0.5, 0.6) is 5.75 Å². The molecule has 5 N–H and O–H groups in total. The number of benzene rings is 3. The summed E-state index contributed by atoms with van der Waals surface area (Å²) >= 11 is 0. The molecule has 1 heterocycles. The number of carbonyl (C=O) groups excluding carboxylic acids is 3. The summed E-state index contributed by atoms with van der Waals surface area (Å²) in [5.74, 6) is -1.15. The molecule has 272 valence electrons. The number of rotatable bonds is 17. The Balaban J connectivity index is 1.59. The van der Waals surface area contributed by atoms with E-state index in [4.69, 9.17) is 9.47 Å². The second-order valence-corrected chi connectivity index (χ2v) is 12.6. The molecule has 1 unspecified atom stereocenters. The van der Waals surface area contributed by atoms with E-state index in [-0.39, 0.29) is 24.6 Å². The van der Waals surface area contributed by atoms with Crippen molar-refractivity contribution in [2.75, 3.05) is 26.8 Å². The molecule has 0 saturated carbocycles. The molecule has 0 spiro atoms. The summed E-state index contributed by atoms with van der Waals surface area (Å²) in [7, 11) is 1.57. The van der Waals surface area contributed by atoms with E-state index in [1.54, 1.807) is 25.4 Å². The molecule has 3 atom stereocenters. The minimum Gasteiger partial charge on any atom is -0.508 e. The fraction of sp³-hybridized carbons (Fsp3) is 0.385. The van der Waals surface area contributed by atoms with Gasteiger partial charge in [-0.15, -0.1) is 0 Å². The van der Waals surface area contributed by atoms with E-state index in [0.29, 0.717) is 19.8 Å². The second kappa shape index (κ2) is 18.8. The van der Waals surface area contributed by atoms with Gasteiger partial charge in [-0.2, -0.15) is 0 Å². The smallest absolute Gasteiger partial charge is 0.329 e. The highest BCUT2D eigenvalue weighted by Gasteiger charge is 2.34. The van der Waals surface area contributed by atoms with Gasteiger partial charge < -0.3 is 30.5 Å². The fourth-order valence-electron chi connectivity index (χ4n) is 6.15. The molecule has 3 aromatic carbocycles. The highest BCUT2D eigenvalue weighted by molar-refractivity contribution is 5.90. The van der Waals surface area contributed by atoms with Crippen molar-refractivity contribution in [3.63, 3.8) is 0 Å². The summed E-state index contributed by atoms with van der Waals surface area (Å²) in [6.07, 6.45) is 1.23. The quantitative estimate of drug-likeness (QED) is 0.0777. The maximum atomic E-state index is 14.4. The van der Waals surface area contributed by atoms with Gasteiger partial charge in [-0.25, -0.2) is 9.80 Å². The molecule has 4 amide bonds. The zero-order valence-corrected chi connectivity index (χ0v) is 30.2. The van der Waals surface area contributed by atoms with E-state index in [2.05, 4.69) is 26.4 Å². The van der Waals surface area contributed by atoms with Crippen LogP contribution in [0.2, 0.25) is 0 Å². The third-order valence-electron chi connectivity index (χ3n) is 8.62. The number of aromatic hydroxyl groups is 1. The minimum atomic E-state index is -1.02. The molecule has 0 aliphatic heterocycles. The van der Waals surface area contributed by atoms with Gasteiger partial charge in [0, 0.05) is 56.3 Å². The number of phenols is 1. The SMILES string of the molecule is CCOC(OCC)[C@@H](C)[C@H](NC(=O)C(Cc1c(C)cc(O)cc1C)NC(=O)CN(C)NC(=O)NCc1ccccc1)c1cccc2cccnc12. The van der Waals surface area contributed by atoms with Gasteiger partial charge in [-0.3, -0.25) is 20.0 Å². The third kappa shape index (κ3) is 11.0. The first kappa shape index (κ1) is 38.8. The number of fused-ring (bicyclic) bond motifs is 1. The Hall–Kier alpha value is -5.04. The van der Waals surface area contributed by atoms with Crippen molar-refractivity contribution in [2.45, 2.75) is 66.0 Å². The van der Waals surface area contributed by atoms with E-state index in [1.165, 1.54) is 5.01 Å². The first-order chi connectivity index (χ1) is 24.5. The van der Waals surface area contributed by atoms with Crippen molar-refractivity contribution in [3.8, 4) is 5.75 Å². The number of para-hydroxylation sites is 1. The first-order valence-corrected chi connectivity index (χ1v) is 17.3. The average Bonchev–Trinajstić information content (AvgIpc) is 3.10. The molecule has 0 bridgehead atoms. The number of nitrogens with zero attached hydrogens (tertiary/aromatic N) is 2. The van der Waals surface area contributed by atoms with Gasteiger partial charge in [-0.05, 0) is 68.1 Å². The summed E-state index contributed by atoms with van der Waals surface area (Å²) < 4.78 is 12.0. The van der Waals surface area contributed by atoms with Crippen LogP contribution in [-0.4, -0.2) is 72.1 Å². The molecular formula is C39H50N6O6. The largest absolute Gasteiger partial charge is 0.508 e. The third-order valence-corrected chi connectivity index (χ3v) is 8.62. The van der Waals surface area contributed by atoms with Gasteiger partial charge in [0.05, 0.1) is 18.1 Å². The monoisotopic (exact) mass is 698 g/mol. The number of likely N-dealkylation sites (N-methyl/N-ethyl adjacent to an activating group) is 1. The number of amides is 4. The standard InChI is InChI=1S/C39H50N6O6/c1-7-50-38(51-8-2)27(5)35(31-18-12-16-29-17-13-19-40-36(29)31)43-37(48)33(22-32-25(3)20-30(46)21-26(32)4)42-34(47)24-45(6)44-39(49)41-23-28-14-10-9-11-15-28/h9-21,27,33,35,38,46H,7-8,22-24H2,1-6H3,(H,42,47)(H,43,48)(H2,41,44,49)/t27-,33?,35-/m0/s1. The normalized spacial score (nSPS) is 13.1. The number of urea groups is 1. The van der Waals surface area contributed by atoms with Crippen molar-refractivity contribution in [1.29, 1.82) is 0 Å². The number of carbonyl (C=O) groups is 3. The molecule has 0 radical (unpaired) electrons. The van der Waals surface area contributed by atoms with Crippen LogP contribution in [-0.2, 0) is 32.0 Å². The Labute approximate surface area is 299 Å². The lowest BCUT2D eigenvalue weighted by Gasteiger charge is -2.33. The number of hydrogen-bond donors (Lipinski definition) is 5. The molecule has 0 fully saturated rings. The zero-order valence-electron chi connectivity index (χ0n) is 30.2. The molecule has 4 aromatic rings. The average molecular weight is 699 g/mol. The molecule has 4 rings (SSSR count). The van der Waals surface area contributed by atoms with Gasteiger partial charge in [0.25, 0.3) is 0 Å². The molecule has 51 heavy (non-hydrogen) atoms. The number of hydrogen-bond acceptors (Lipinski definition) is 8. The number of aryl methyl sites for hydroxylation is 2. The summed E-state index contributed by atoms with van der Waals surface area (Å²) in [6, 6.07) is 20.3. The van der Waals surface area contributed by atoms with Crippen molar-refractivity contribution >= 4 is 28.7 Å². The minimum absolute atomic E-state index is 0.118. The van der Waals surface area contributed by atoms with Crippen molar-refractivity contribution < 1.29 is 29.0 Å². The van der Waals surface area contributed by atoms with Gasteiger partial charge in [-0.1, -0.05) is 61.5 Å². The predicted octanol–water partition coefficient (Wildman–Crippen LogP) is 4.82. The van der Waals surface area contributed by atoms with Crippen LogP contribution in [0.4, 0.5) is 4.79 Å². The predicted molar refractivity (Wildman–Crippen MR) is 196 cm³/mol. The highest BCUT2D eigenvalue weighted by Crippen LogP contribution is 2.32. The molecule has 0 aliphatic rings. The van der Waals surface area contributed by atoms with E-state index in [9.17, 15) is 19.5 Å². The lowest BCUT2D eigenvalue weighted by molar-refractivity contribution is -0.170. The summed E-state index contributed by atoms with van der Waals surface area (Å²) in [6.45, 7) is 10.4. The molecule has 0 saturated heterocycles. The Kier molecular flexibility index (Phi) is 14.3.